The molecular formula is C8H8Cl3N. The van der Waals surface area contributed by atoms with Crippen LogP contribution in [0.4, 0.5) is 0 Å². The summed E-state index contributed by atoms with van der Waals surface area (Å²) < 4.78 is 0.0309. The highest BCUT2D eigenvalue weighted by molar-refractivity contribution is 6.59. The van der Waals surface area contributed by atoms with Gasteiger partial charge in [0, 0.05) is 19.1 Å². The summed E-state index contributed by atoms with van der Waals surface area (Å²) in [6.45, 7) is 2.02. The van der Waals surface area contributed by atoms with Crippen molar-refractivity contribution in [2.24, 2.45) is 0 Å². The van der Waals surface area contributed by atoms with Gasteiger partial charge in [-0.3, -0.25) is 0 Å². The minimum absolute atomic E-state index is 0.0309. The van der Waals surface area contributed by atoms with Crippen LogP contribution in [0.2, 0.25) is 0 Å². The van der Waals surface area contributed by atoms with Crippen LogP contribution in [0.1, 0.15) is 12.8 Å². The first-order valence-electron chi connectivity index (χ1n) is 3.67. The van der Waals surface area contributed by atoms with E-state index in [1.54, 1.807) is 0 Å². The summed E-state index contributed by atoms with van der Waals surface area (Å²) in [5, 5.41) is 0.213. The van der Waals surface area contributed by atoms with Crippen molar-refractivity contribution in [2.45, 2.75) is 12.8 Å². The molecule has 0 saturated carbocycles. The van der Waals surface area contributed by atoms with Crippen molar-refractivity contribution in [2.75, 3.05) is 13.1 Å². The van der Waals surface area contributed by atoms with Gasteiger partial charge in [-0.2, -0.15) is 0 Å². The largest absolute Gasteiger partial charge is 0.332 e. The van der Waals surface area contributed by atoms with Gasteiger partial charge >= 0.3 is 0 Å². The molecule has 0 spiro atoms. The van der Waals surface area contributed by atoms with Gasteiger partial charge in [0.15, 0.2) is 0 Å². The van der Waals surface area contributed by atoms with Gasteiger partial charge in [-0.1, -0.05) is 34.8 Å². The Morgan fingerprint density at radius 3 is 2.17 bits per heavy atom. The van der Waals surface area contributed by atoms with E-state index in [1.165, 1.54) is 12.8 Å². The minimum Gasteiger partial charge on any atom is -0.332 e. The normalized spacial score (nSPS) is 15.4. The molecule has 0 radical (unpaired) electrons. The van der Waals surface area contributed by atoms with Gasteiger partial charge in [0.05, 0.1) is 0 Å². The third-order valence-electron chi connectivity index (χ3n) is 1.60. The molecule has 0 amide bonds. The Labute approximate surface area is 87.3 Å². The fourth-order valence-electron chi connectivity index (χ4n) is 1.00. The predicted molar refractivity (Wildman–Crippen MR) is 53.2 cm³/mol. The third-order valence-corrected chi connectivity index (χ3v) is 2.45. The van der Waals surface area contributed by atoms with E-state index in [4.69, 9.17) is 34.8 Å². The molecule has 1 aliphatic heterocycles. The van der Waals surface area contributed by atoms with Crippen LogP contribution in [0.15, 0.2) is 9.52 Å². The molecule has 0 aromatic rings. The van der Waals surface area contributed by atoms with Crippen molar-refractivity contribution < 1.29 is 0 Å². The van der Waals surface area contributed by atoms with E-state index in [-0.39, 0.29) is 9.52 Å². The van der Waals surface area contributed by atoms with E-state index in [0.717, 1.165) is 13.1 Å². The second kappa shape index (κ2) is 4.87. The molecule has 0 bridgehead atoms. The van der Waals surface area contributed by atoms with Crippen molar-refractivity contribution in [3.05, 3.63) is 9.52 Å². The van der Waals surface area contributed by atoms with E-state index in [9.17, 15) is 0 Å². The van der Waals surface area contributed by atoms with Crippen molar-refractivity contribution in [3.8, 4) is 12.0 Å². The summed E-state index contributed by atoms with van der Waals surface area (Å²) in [6.07, 6.45) is 2.40. The Hall–Kier alpha value is -0.0300. The number of hydrogen-bond acceptors (Lipinski definition) is 1. The molecule has 12 heavy (non-hydrogen) atoms. The van der Waals surface area contributed by atoms with E-state index < -0.39 is 0 Å². The highest BCUT2D eigenvalue weighted by Crippen LogP contribution is 2.16. The molecule has 0 aliphatic carbocycles. The smallest absolute Gasteiger partial charge is 0.133 e. The summed E-state index contributed by atoms with van der Waals surface area (Å²) in [5.74, 6) is 2.68. The first-order valence-corrected chi connectivity index (χ1v) is 4.81. The third kappa shape index (κ3) is 3.15. The number of allylic oxidation sites excluding steroid dienone is 1. The zero-order chi connectivity index (χ0) is 8.97. The standard InChI is InChI=1S/C8H8Cl3N/c9-7(8(10)11)3-6-12-4-1-2-5-12/h1-2,4-5H2. The highest BCUT2D eigenvalue weighted by Gasteiger charge is 2.06. The maximum absolute atomic E-state index is 5.61. The van der Waals surface area contributed by atoms with Gasteiger partial charge in [0.2, 0.25) is 0 Å². The summed E-state index contributed by atoms with van der Waals surface area (Å²) in [7, 11) is 0. The molecular weight excluding hydrogens is 216 g/mol. The van der Waals surface area contributed by atoms with Crippen molar-refractivity contribution in [3.63, 3.8) is 0 Å². The van der Waals surface area contributed by atoms with Gasteiger partial charge < -0.3 is 4.90 Å². The van der Waals surface area contributed by atoms with Crippen LogP contribution in [-0.2, 0) is 0 Å². The number of rotatable bonds is 0. The fraction of sp³-hybridized carbons (Fsp3) is 0.500. The van der Waals surface area contributed by atoms with Crippen LogP contribution in [-0.4, -0.2) is 18.0 Å². The average Bonchev–Trinajstić information content (AvgIpc) is 2.51. The number of nitrogens with zero attached hydrogens (tertiary/aromatic N) is 1. The molecule has 1 rings (SSSR count). The van der Waals surface area contributed by atoms with Gasteiger partial charge in [-0.05, 0) is 18.8 Å². The van der Waals surface area contributed by atoms with Crippen molar-refractivity contribution >= 4 is 34.8 Å². The Morgan fingerprint density at radius 2 is 1.67 bits per heavy atom. The molecule has 1 fully saturated rings. The second-order valence-corrected chi connectivity index (χ2v) is 3.83. The van der Waals surface area contributed by atoms with Crippen LogP contribution >= 0.6 is 34.8 Å². The van der Waals surface area contributed by atoms with Crippen LogP contribution in [0, 0.1) is 12.0 Å². The Bertz CT molecular complexity index is 239. The topological polar surface area (TPSA) is 3.24 Å². The second-order valence-electron chi connectivity index (χ2n) is 2.51. The van der Waals surface area contributed by atoms with Crippen LogP contribution < -0.4 is 0 Å². The van der Waals surface area contributed by atoms with Crippen LogP contribution in [0.25, 0.3) is 0 Å². The lowest BCUT2D eigenvalue weighted by Gasteiger charge is -2.04. The summed E-state index contributed by atoms with van der Waals surface area (Å²) in [5.41, 5.74) is 0. The average molecular weight is 225 g/mol. The Balaban J connectivity index is 2.52. The summed E-state index contributed by atoms with van der Waals surface area (Å²) in [4.78, 5) is 2.01. The molecule has 0 aromatic heterocycles. The monoisotopic (exact) mass is 223 g/mol. The molecule has 1 aliphatic rings. The van der Waals surface area contributed by atoms with Crippen molar-refractivity contribution in [1.29, 1.82) is 0 Å². The lowest BCUT2D eigenvalue weighted by molar-refractivity contribution is 0.496. The summed E-state index contributed by atoms with van der Waals surface area (Å²) >= 11 is 16.4. The maximum Gasteiger partial charge on any atom is 0.133 e. The predicted octanol–water partition coefficient (Wildman–Crippen LogP) is 2.93. The zero-order valence-electron chi connectivity index (χ0n) is 6.41. The number of likely N-dealkylation sites (tertiary alicyclic amines) is 1. The Morgan fingerprint density at radius 1 is 1.08 bits per heavy atom. The fourth-order valence-corrected chi connectivity index (χ4v) is 1.14. The quantitative estimate of drug-likeness (QED) is 0.572. The SMILES string of the molecule is ClC(Cl)=C(Cl)C#CN1CCCC1. The molecule has 1 nitrogen and oxygen atoms in total. The van der Waals surface area contributed by atoms with Gasteiger partial charge in [0.1, 0.15) is 9.52 Å². The van der Waals surface area contributed by atoms with E-state index in [1.807, 2.05) is 4.90 Å². The highest BCUT2D eigenvalue weighted by atomic mass is 35.5. The van der Waals surface area contributed by atoms with Crippen molar-refractivity contribution in [1.82, 2.24) is 4.90 Å². The number of hydrogen-bond donors (Lipinski definition) is 0. The zero-order valence-corrected chi connectivity index (χ0v) is 8.68. The van der Waals surface area contributed by atoms with Gasteiger partial charge in [-0.25, -0.2) is 0 Å². The van der Waals surface area contributed by atoms with E-state index >= 15 is 0 Å². The molecule has 4 heteroatoms. The molecule has 1 saturated heterocycles. The molecule has 0 aromatic carbocycles. The van der Waals surface area contributed by atoms with E-state index in [2.05, 4.69) is 12.0 Å². The molecule has 0 atom stereocenters. The van der Waals surface area contributed by atoms with Gasteiger partial charge in [0.25, 0.3) is 0 Å². The first kappa shape index (κ1) is 10.1. The maximum atomic E-state index is 5.61. The van der Waals surface area contributed by atoms with Crippen LogP contribution in [0.5, 0.6) is 0 Å². The molecule has 0 N–H and O–H groups in total. The molecule has 1 heterocycles. The Kier molecular flexibility index (Phi) is 4.08. The summed E-state index contributed by atoms with van der Waals surface area (Å²) in [6, 6.07) is 2.89. The van der Waals surface area contributed by atoms with Gasteiger partial charge in [-0.15, -0.1) is 0 Å². The molecule has 66 valence electrons. The molecule has 0 unspecified atom stereocenters. The lowest BCUT2D eigenvalue weighted by atomic mass is 10.4. The van der Waals surface area contributed by atoms with Crippen LogP contribution in [0.3, 0.4) is 0 Å². The first-order chi connectivity index (χ1) is 5.70. The lowest BCUT2D eigenvalue weighted by Crippen LogP contribution is -2.10. The van der Waals surface area contributed by atoms with E-state index in [0.29, 0.717) is 0 Å². The minimum atomic E-state index is 0.0309. The number of halogens is 3.